The number of rotatable bonds is 4. The lowest BCUT2D eigenvalue weighted by molar-refractivity contribution is -0.136. The first kappa shape index (κ1) is 17.1. The Bertz CT molecular complexity index is 756. The van der Waals surface area contributed by atoms with Crippen molar-refractivity contribution in [3.63, 3.8) is 0 Å². The van der Waals surface area contributed by atoms with Gasteiger partial charge in [-0.15, -0.1) is 0 Å². The van der Waals surface area contributed by atoms with E-state index in [0.717, 1.165) is 22.3 Å². The van der Waals surface area contributed by atoms with Gasteiger partial charge in [0.05, 0.1) is 0 Å². The van der Waals surface area contributed by atoms with E-state index in [1.165, 1.54) is 6.07 Å². The molecule has 0 aliphatic carbocycles. The number of hydrogen-bond donors (Lipinski definition) is 1. The van der Waals surface area contributed by atoms with Gasteiger partial charge in [0.1, 0.15) is 11.6 Å². The van der Waals surface area contributed by atoms with Gasteiger partial charge >= 0.3 is 5.97 Å². The van der Waals surface area contributed by atoms with E-state index in [0.29, 0.717) is 11.1 Å². The van der Waals surface area contributed by atoms with Gasteiger partial charge in [0.25, 0.3) is 0 Å². The van der Waals surface area contributed by atoms with Crippen LogP contribution in [0.4, 0.5) is 8.78 Å². The molecule has 0 radical (unpaired) electrons. The molecule has 0 aliphatic heterocycles. The molecule has 2 aromatic rings. The van der Waals surface area contributed by atoms with E-state index in [9.17, 15) is 13.6 Å². The van der Waals surface area contributed by atoms with Crippen LogP contribution in [-0.2, 0) is 11.2 Å². The average Bonchev–Trinajstić information content (AvgIpc) is 2.43. The number of carboxylic acids is 1. The highest BCUT2D eigenvalue weighted by molar-refractivity contribution is 5.74. The van der Waals surface area contributed by atoms with E-state index in [1.54, 1.807) is 6.92 Å². The predicted octanol–water partition coefficient (Wildman–Crippen LogP) is 4.88. The third-order valence-corrected chi connectivity index (χ3v) is 4.01. The number of carboxylic acid groups (broad SMARTS) is 1. The maximum Gasteiger partial charge on any atom is 0.303 e. The van der Waals surface area contributed by atoms with Crippen molar-refractivity contribution < 1.29 is 18.7 Å². The zero-order valence-corrected chi connectivity index (χ0v) is 13.8. The van der Waals surface area contributed by atoms with Gasteiger partial charge in [0.15, 0.2) is 0 Å². The Labute approximate surface area is 134 Å². The maximum atomic E-state index is 14.9. The lowest BCUT2D eigenvalue weighted by atomic mass is 9.90. The Morgan fingerprint density at radius 2 is 1.52 bits per heavy atom. The summed E-state index contributed by atoms with van der Waals surface area (Å²) in [6.45, 7) is 7.32. The van der Waals surface area contributed by atoms with E-state index in [1.807, 2.05) is 32.9 Å². The molecule has 23 heavy (non-hydrogen) atoms. The fraction of sp³-hybridized carbons (Fsp3) is 0.316. The van der Waals surface area contributed by atoms with Gasteiger partial charge in [-0.2, -0.15) is 0 Å². The van der Waals surface area contributed by atoms with Crippen molar-refractivity contribution in [3.05, 3.63) is 57.7 Å². The van der Waals surface area contributed by atoms with Gasteiger partial charge < -0.3 is 5.11 Å². The summed E-state index contributed by atoms with van der Waals surface area (Å²) in [6, 6.07) is 5.41. The second-order valence-corrected chi connectivity index (χ2v) is 6.01. The molecule has 0 heterocycles. The van der Waals surface area contributed by atoms with Gasteiger partial charge in [0, 0.05) is 17.5 Å². The molecule has 0 amide bonds. The minimum atomic E-state index is -1.07. The van der Waals surface area contributed by atoms with Crippen molar-refractivity contribution in [2.45, 2.75) is 40.5 Å². The van der Waals surface area contributed by atoms with Gasteiger partial charge in [-0.25, -0.2) is 8.78 Å². The molecule has 0 bridgehead atoms. The zero-order chi connectivity index (χ0) is 17.3. The fourth-order valence-corrected chi connectivity index (χ4v) is 3.08. The largest absolute Gasteiger partial charge is 0.481 e. The molecular weight excluding hydrogens is 298 g/mol. The van der Waals surface area contributed by atoms with Crippen molar-refractivity contribution in [2.75, 3.05) is 0 Å². The Morgan fingerprint density at radius 1 is 0.957 bits per heavy atom. The summed E-state index contributed by atoms with van der Waals surface area (Å²) in [5, 5.41) is 8.79. The number of halogens is 2. The van der Waals surface area contributed by atoms with Crippen LogP contribution in [0.1, 0.15) is 34.2 Å². The number of aliphatic carboxylic acids is 1. The first-order valence-corrected chi connectivity index (χ1v) is 7.49. The molecule has 122 valence electrons. The second-order valence-electron chi connectivity index (χ2n) is 6.01. The van der Waals surface area contributed by atoms with Crippen molar-refractivity contribution in [1.29, 1.82) is 0 Å². The molecule has 0 aromatic heterocycles. The second kappa shape index (κ2) is 6.49. The van der Waals surface area contributed by atoms with Gasteiger partial charge in [-0.1, -0.05) is 17.7 Å². The lowest BCUT2D eigenvalue weighted by Crippen LogP contribution is -2.06. The highest BCUT2D eigenvalue weighted by Crippen LogP contribution is 2.34. The Hall–Kier alpha value is -2.23. The van der Waals surface area contributed by atoms with Crippen molar-refractivity contribution >= 4 is 5.97 Å². The average molecular weight is 318 g/mol. The van der Waals surface area contributed by atoms with Crippen LogP contribution in [0, 0.1) is 39.3 Å². The summed E-state index contributed by atoms with van der Waals surface area (Å²) in [7, 11) is 0. The molecule has 0 atom stereocenters. The SMILES string of the molecule is Cc1cc(C)c(-c2cc(C)c(F)c(CCC(=O)O)c2F)c(C)c1. The van der Waals surface area contributed by atoms with Crippen molar-refractivity contribution in [2.24, 2.45) is 0 Å². The van der Waals surface area contributed by atoms with Crippen molar-refractivity contribution in [1.82, 2.24) is 0 Å². The zero-order valence-electron chi connectivity index (χ0n) is 13.8. The van der Waals surface area contributed by atoms with E-state index in [2.05, 4.69) is 0 Å². The van der Waals surface area contributed by atoms with E-state index in [4.69, 9.17) is 5.11 Å². The molecule has 0 saturated heterocycles. The van der Waals surface area contributed by atoms with E-state index < -0.39 is 17.6 Å². The molecule has 2 nitrogen and oxygen atoms in total. The third kappa shape index (κ3) is 3.41. The van der Waals surface area contributed by atoms with Crippen LogP contribution in [0.25, 0.3) is 11.1 Å². The maximum absolute atomic E-state index is 14.9. The van der Waals surface area contributed by atoms with Gasteiger partial charge in [-0.3, -0.25) is 4.79 Å². The van der Waals surface area contributed by atoms with E-state index in [-0.39, 0.29) is 18.4 Å². The van der Waals surface area contributed by atoms with Crippen LogP contribution in [0.3, 0.4) is 0 Å². The van der Waals surface area contributed by atoms with Crippen LogP contribution in [-0.4, -0.2) is 11.1 Å². The number of hydrogen-bond acceptors (Lipinski definition) is 1. The molecule has 0 aliphatic rings. The quantitative estimate of drug-likeness (QED) is 0.872. The summed E-state index contributed by atoms with van der Waals surface area (Å²) in [5.74, 6) is -2.39. The van der Waals surface area contributed by atoms with Crippen LogP contribution < -0.4 is 0 Å². The first-order chi connectivity index (χ1) is 10.7. The molecule has 0 saturated carbocycles. The molecule has 2 rings (SSSR count). The fourth-order valence-electron chi connectivity index (χ4n) is 3.08. The molecule has 0 spiro atoms. The summed E-state index contributed by atoms with van der Waals surface area (Å²) < 4.78 is 29.1. The highest BCUT2D eigenvalue weighted by atomic mass is 19.1. The number of benzene rings is 2. The van der Waals surface area contributed by atoms with Crippen LogP contribution in [0.5, 0.6) is 0 Å². The minimum Gasteiger partial charge on any atom is -0.481 e. The summed E-state index contributed by atoms with van der Waals surface area (Å²) >= 11 is 0. The predicted molar refractivity (Wildman–Crippen MR) is 86.7 cm³/mol. The number of aryl methyl sites for hydroxylation is 4. The van der Waals surface area contributed by atoms with Gasteiger partial charge in [-0.05, 0) is 62.4 Å². The normalized spacial score (nSPS) is 10.9. The monoisotopic (exact) mass is 318 g/mol. The first-order valence-electron chi connectivity index (χ1n) is 7.49. The molecule has 0 fully saturated rings. The van der Waals surface area contributed by atoms with Crippen LogP contribution in [0.15, 0.2) is 18.2 Å². The van der Waals surface area contributed by atoms with E-state index >= 15 is 0 Å². The Kier molecular flexibility index (Phi) is 4.83. The number of carbonyl (C=O) groups is 1. The highest BCUT2D eigenvalue weighted by Gasteiger charge is 2.20. The van der Waals surface area contributed by atoms with Crippen LogP contribution in [0.2, 0.25) is 0 Å². The van der Waals surface area contributed by atoms with Crippen molar-refractivity contribution in [3.8, 4) is 11.1 Å². The summed E-state index contributed by atoms with van der Waals surface area (Å²) in [4.78, 5) is 10.7. The molecular formula is C19H20F2O2. The molecule has 2 aromatic carbocycles. The molecule has 1 N–H and O–H groups in total. The van der Waals surface area contributed by atoms with Gasteiger partial charge in [0.2, 0.25) is 0 Å². The Morgan fingerprint density at radius 3 is 2.04 bits per heavy atom. The summed E-state index contributed by atoms with van der Waals surface area (Å²) in [5.41, 5.74) is 4.15. The third-order valence-electron chi connectivity index (χ3n) is 4.01. The smallest absolute Gasteiger partial charge is 0.303 e. The Balaban J connectivity index is 2.67. The standard InChI is InChI=1S/C19H20F2O2/c1-10-7-11(2)17(12(3)8-10)15-9-13(4)18(20)14(19(15)21)5-6-16(22)23/h7-9H,5-6H2,1-4H3,(H,22,23). The summed E-state index contributed by atoms with van der Waals surface area (Å²) in [6.07, 6.45) is -0.464. The minimum absolute atomic E-state index is 0.151. The topological polar surface area (TPSA) is 37.3 Å². The lowest BCUT2D eigenvalue weighted by Gasteiger charge is -2.16. The van der Waals surface area contributed by atoms with Crippen LogP contribution >= 0.6 is 0 Å². The molecule has 0 unspecified atom stereocenters. The molecule has 4 heteroatoms.